The number of aromatic amines is 1. The van der Waals surface area contributed by atoms with Crippen molar-refractivity contribution in [2.24, 2.45) is 5.92 Å². The number of aliphatic carboxylic acids is 1. The first-order chi connectivity index (χ1) is 17.4. The molecule has 0 aliphatic heterocycles. The zero-order valence-electron chi connectivity index (χ0n) is 20.5. The number of fused-ring (bicyclic) bond motifs is 1. The van der Waals surface area contributed by atoms with Crippen molar-refractivity contribution in [2.45, 2.75) is 51.5 Å². The number of carboxylic acids is 1. The van der Waals surface area contributed by atoms with Crippen LogP contribution in [0.3, 0.4) is 0 Å². The lowest BCUT2D eigenvalue weighted by Crippen LogP contribution is -2.42. The van der Waals surface area contributed by atoms with Crippen LogP contribution in [0.4, 0.5) is 11.6 Å². The summed E-state index contributed by atoms with van der Waals surface area (Å²) in [5.41, 5.74) is 3.28. The molecule has 190 valence electrons. The number of rotatable bonds is 10. The molecule has 9 heteroatoms. The number of benzene rings is 2. The first-order valence-electron chi connectivity index (χ1n) is 12.4. The Morgan fingerprint density at radius 2 is 1.78 bits per heavy atom. The summed E-state index contributed by atoms with van der Waals surface area (Å²) in [5.74, 6) is -0.206. The van der Waals surface area contributed by atoms with Crippen LogP contribution in [0.25, 0.3) is 11.0 Å². The summed E-state index contributed by atoms with van der Waals surface area (Å²) in [5, 5.41) is 15.5. The molecule has 0 unspecified atom stereocenters. The van der Waals surface area contributed by atoms with Crippen molar-refractivity contribution in [3.63, 3.8) is 0 Å². The maximum Gasteiger partial charge on any atom is 0.303 e. The van der Waals surface area contributed by atoms with E-state index < -0.39 is 5.97 Å². The maximum atomic E-state index is 12.7. The van der Waals surface area contributed by atoms with Crippen molar-refractivity contribution >= 4 is 40.5 Å². The first kappa shape index (κ1) is 25.2. The predicted octanol–water partition coefficient (Wildman–Crippen LogP) is 3.72. The van der Waals surface area contributed by atoms with Gasteiger partial charge in [-0.25, -0.2) is 4.98 Å². The molecule has 0 bridgehead atoms. The number of aryl methyl sites for hydroxylation is 1. The highest BCUT2D eigenvalue weighted by Gasteiger charge is 2.24. The van der Waals surface area contributed by atoms with Gasteiger partial charge in [0.2, 0.25) is 17.8 Å². The number of para-hydroxylation sites is 3. The molecule has 2 amide bonds. The van der Waals surface area contributed by atoms with E-state index in [-0.39, 0.29) is 24.8 Å². The molecule has 4 rings (SSSR count). The molecule has 0 spiro atoms. The molecular weight excluding hydrogens is 458 g/mol. The van der Waals surface area contributed by atoms with Gasteiger partial charge in [-0.2, -0.15) is 0 Å². The third kappa shape index (κ3) is 6.62. The minimum atomic E-state index is -0.903. The summed E-state index contributed by atoms with van der Waals surface area (Å²) in [6.07, 6.45) is 4.23. The minimum absolute atomic E-state index is 0.0389. The van der Waals surface area contributed by atoms with E-state index in [1.807, 2.05) is 24.3 Å². The van der Waals surface area contributed by atoms with Gasteiger partial charge >= 0.3 is 5.97 Å². The largest absolute Gasteiger partial charge is 0.481 e. The Labute approximate surface area is 210 Å². The van der Waals surface area contributed by atoms with Crippen LogP contribution in [-0.2, 0) is 20.8 Å². The number of anilines is 2. The molecule has 1 fully saturated rings. The van der Waals surface area contributed by atoms with E-state index in [2.05, 4.69) is 20.6 Å². The fourth-order valence-corrected chi connectivity index (χ4v) is 4.78. The van der Waals surface area contributed by atoms with Gasteiger partial charge in [0.15, 0.2) is 0 Å². The Kier molecular flexibility index (Phi) is 8.20. The van der Waals surface area contributed by atoms with Gasteiger partial charge in [-0.15, -0.1) is 0 Å². The van der Waals surface area contributed by atoms with E-state index in [0.29, 0.717) is 30.6 Å². The number of amides is 2. The molecule has 1 heterocycles. The number of hydrogen-bond donors (Lipinski definition) is 4. The molecule has 3 aromatic rings. The van der Waals surface area contributed by atoms with Crippen molar-refractivity contribution in [2.75, 3.05) is 23.3 Å². The number of imidazole rings is 1. The van der Waals surface area contributed by atoms with Crippen molar-refractivity contribution in [3.05, 3.63) is 54.1 Å². The number of hydrogen-bond acceptors (Lipinski definition) is 5. The smallest absolute Gasteiger partial charge is 0.303 e. The molecule has 1 aromatic heterocycles. The molecule has 2 aromatic carbocycles. The zero-order valence-corrected chi connectivity index (χ0v) is 20.5. The summed E-state index contributed by atoms with van der Waals surface area (Å²) >= 11 is 0. The number of nitrogens with one attached hydrogen (secondary N) is 3. The molecule has 1 aliphatic rings. The van der Waals surface area contributed by atoms with Crippen LogP contribution in [0.1, 0.15) is 44.6 Å². The third-order valence-electron chi connectivity index (χ3n) is 6.74. The molecular formula is C27H33N5O4. The molecule has 0 radical (unpaired) electrons. The van der Waals surface area contributed by atoms with E-state index in [1.54, 1.807) is 24.3 Å². The second-order valence-corrected chi connectivity index (χ2v) is 9.40. The SMILES string of the molecule is CC(=O)N(CC(=O)NCC1CCC(Nc2nc3ccccc3[nH]2)CC1)c1ccccc1CCC(=O)O. The summed E-state index contributed by atoms with van der Waals surface area (Å²) in [7, 11) is 0. The van der Waals surface area contributed by atoms with Gasteiger partial charge in [0.05, 0.1) is 11.0 Å². The standard InChI is InChI=1S/C27H33N5O4/c1-18(33)32(24-9-5-2-6-20(24)12-15-26(35)36)17-25(34)28-16-19-10-13-21(14-11-19)29-27-30-22-7-3-4-8-23(22)31-27/h2-9,19,21H,10-17H2,1H3,(H,28,34)(H,35,36)(H2,29,30,31). The van der Waals surface area contributed by atoms with E-state index >= 15 is 0 Å². The molecule has 1 aliphatic carbocycles. The Bertz CT molecular complexity index is 1180. The van der Waals surface area contributed by atoms with Crippen LogP contribution in [0.5, 0.6) is 0 Å². The molecule has 36 heavy (non-hydrogen) atoms. The summed E-state index contributed by atoms with van der Waals surface area (Å²) < 4.78 is 0. The van der Waals surface area contributed by atoms with Crippen LogP contribution in [-0.4, -0.2) is 52.0 Å². The van der Waals surface area contributed by atoms with Gasteiger partial charge in [0, 0.05) is 31.6 Å². The number of aromatic nitrogens is 2. The quantitative estimate of drug-likeness (QED) is 0.342. The Balaban J connectivity index is 1.25. The predicted molar refractivity (Wildman–Crippen MR) is 139 cm³/mol. The Morgan fingerprint density at radius 1 is 1.06 bits per heavy atom. The van der Waals surface area contributed by atoms with Gasteiger partial charge in [0.25, 0.3) is 0 Å². The van der Waals surface area contributed by atoms with Crippen molar-refractivity contribution in [3.8, 4) is 0 Å². The highest BCUT2D eigenvalue weighted by atomic mass is 16.4. The van der Waals surface area contributed by atoms with Gasteiger partial charge in [0.1, 0.15) is 6.54 Å². The monoisotopic (exact) mass is 491 g/mol. The summed E-state index contributed by atoms with van der Waals surface area (Å²) in [6, 6.07) is 15.4. The van der Waals surface area contributed by atoms with Crippen molar-refractivity contribution < 1.29 is 19.5 Å². The third-order valence-corrected chi connectivity index (χ3v) is 6.74. The average molecular weight is 492 g/mol. The zero-order chi connectivity index (χ0) is 25.5. The van der Waals surface area contributed by atoms with Gasteiger partial charge < -0.3 is 25.6 Å². The molecule has 1 saturated carbocycles. The summed E-state index contributed by atoms with van der Waals surface area (Å²) in [6.45, 7) is 1.89. The first-order valence-corrected chi connectivity index (χ1v) is 12.4. The topological polar surface area (TPSA) is 127 Å². The van der Waals surface area contributed by atoms with E-state index in [4.69, 9.17) is 5.11 Å². The fourth-order valence-electron chi connectivity index (χ4n) is 4.78. The van der Waals surface area contributed by atoms with Crippen LogP contribution in [0.15, 0.2) is 48.5 Å². The lowest BCUT2D eigenvalue weighted by Gasteiger charge is -2.29. The molecule has 0 atom stereocenters. The summed E-state index contributed by atoms with van der Waals surface area (Å²) in [4.78, 5) is 45.4. The Hall–Kier alpha value is -3.88. The van der Waals surface area contributed by atoms with Crippen LogP contribution in [0.2, 0.25) is 0 Å². The average Bonchev–Trinajstić information content (AvgIpc) is 3.28. The van der Waals surface area contributed by atoms with Crippen LogP contribution in [0, 0.1) is 5.92 Å². The number of H-pyrrole nitrogens is 1. The molecule has 4 N–H and O–H groups in total. The molecule has 9 nitrogen and oxygen atoms in total. The van der Waals surface area contributed by atoms with E-state index in [0.717, 1.165) is 48.2 Å². The lowest BCUT2D eigenvalue weighted by atomic mass is 9.86. The van der Waals surface area contributed by atoms with Crippen LogP contribution < -0.4 is 15.5 Å². The van der Waals surface area contributed by atoms with Crippen LogP contribution >= 0.6 is 0 Å². The number of nitrogens with zero attached hydrogens (tertiary/aromatic N) is 2. The van der Waals surface area contributed by atoms with E-state index in [9.17, 15) is 14.4 Å². The second-order valence-electron chi connectivity index (χ2n) is 9.40. The van der Waals surface area contributed by atoms with E-state index in [1.165, 1.54) is 11.8 Å². The Morgan fingerprint density at radius 3 is 2.50 bits per heavy atom. The lowest BCUT2D eigenvalue weighted by molar-refractivity contribution is -0.137. The van der Waals surface area contributed by atoms with Crippen molar-refractivity contribution in [1.82, 2.24) is 15.3 Å². The number of carbonyl (C=O) groups excluding carboxylic acids is 2. The number of carbonyl (C=O) groups is 3. The normalized spacial score (nSPS) is 17.5. The van der Waals surface area contributed by atoms with Gasteiger partial charge in [-0.05, 0) is 61.8 Å². The number of carboxylic acid groups (broad SMARTS) is 1. The maximum absolute atomic E-state index is 12.7. The van der Waals surface area contributed by atoms with Crippen molar-refractivity contribution in [1.29, 1.82) is 0 Å². The highest BCUT2D eigenvalue weighted by molar-refractivity contribution is 5.98. The van der Waals surface area contributed by atoms with Gasteiger partial charge in [-0.1, -0.05) is 30.3 Å². The highest BCUT2D eigenvalue weighted by Crippen LogP contribution is 2.26. The fraction of sp³-hybridized carbons (Fsp3) is 0.407. The second kappa shape index (κ2) is 11.7. The minimum Gasteiger partial charge on any atom is -0.481 e. The molecule has 0 saturated heterocycles. The van der Waals surface area contributed by atoms with Gasteiger partial charge in [-0.3, -0.25) is 14.4 Å².